The maximum atomic E-state index is 13.1. The topological polar surface area (TPSA) is 74.8 Å². The van der Waals surface area contributed by atoms with Crippen molar-refractivity contribution in [3.05, 3.63) is 65.0 Å². The summed E-state index contributed by atoms with van der Waals surface area (Å²) in [5, 5.41) is 9.28. The van der Waals surface area contributed by atoms with Gasteiger partial charge in [0.25, 0.3) is 10.0 Å². The number of rotatable bonds is 4. The third-order valence-electron chi connectivity index (χ3n) is 4.44. The first-order valence-electron chi connectivity index (χ1n) is 8.69. The van der Waals surface area contributed by atoms with Crippen molar-refractivity contribution in [2.45, 2.75) is 17.2 Å². The molecule has 0 fully saturated rings. The molecule has 0 unspecified atom stereocenters. The first-order valence-corrected chi connectivity index (χ1v) is 11.1. The van der Waals surface area contributed by atoms with Crippen molar-refractivity contribution < 1.29 is 34.8 Å². The van der Waals surface area contributed by atoms with Gasteiger partial charge in [0.15, 0.2) is 0 Å². The second kappa shape index (κ2) is 7.52. The molecule has 0 saturated heterocycles. The summed E-state index contributed by atoms with van der Waals surface area (Å²) >= 11 is 1.38. The molecule has 4 rings (SSSR count). The Balaban J connectivity index is 1.76. The second-order valence-corrected chi connectivity index (χ2v) is 9.29. The van der Waals surface area contributed by atoms with Crippen LogP contribution in [-0.4, -0.2) is 18.6 Å². The molecule has 32 heavy (non-hydrogen) atoms. The van der Waals surface area contributed by atoms with E-state index in [1.165, 1.54) is 29.5 Å². The number of nitrogens with one attached hydrogen (secondary N) is 2. The summed E-state index contributed by atoms with van der Waals surface area (Å²) in [6.45, 7) is 0. The smallest absolute Gasteiger partial charge is 0.280 e. The number of sulfonamides is 1. The third-order valence-corrected chi connectivity index (χ3v) is 6.68. The van der Waals surface area contributed by atoms with Crippen LogP contribution in [0.15, 0.2) is 58.8 Å². The molecule has 0 spiro atoms. The van der Waals surface area contributed by atoms with Gasteiger partial charge in [0.1, 0.15) is 5.69 Å². The van der Waals surface area contributed by atoms with Crippen LogP contribution in [0, 0.1) is 0 Å². The summed E-state index contributed by atoms with van der Waals surface area (Å²) in [5.41, 5.74) is -2.41. The van der Waals surface area contributed by atoms with Gasteiger partial charge in [-0.1, -0.05) is 6.07 Å². The second-order valence-electron chi connectivity index (χ2n) is 6.66. The van der Waals surface area contributed by atoms with Crippen LogP contribution in [0.25, 0.3) is 21.5 Å². The van der Waals surface area contributed by atoms with Crippen LogP contribution in [0.2, 0.25) is 0 Å². The number of halogens is 6. The lowest BCUT2D eigenvalue weighted by Crippen LogP contribution is -2.17. The number of fused-ring (bicyclic) bond motifs is 1. The molecular formula is C19H11F6N3O2S2. The number of thiophene rings is 1. The summed E-state index contributed by atoms with van der Waals surface area (Å²) < 4.78 is 106. The summed E-state index contributed by atoms with van der Waals surface area (Å²) in [5.74, 6) is 0. The van der Waals surface area contributed by atoms with Gasteiger partial charge in [0, 0.05) is 11.1 Å². The third kappa shape index (κ3) is 4.30. The van der Waals surface area contributed by atoms with Crippen LogP contribution in [-0.2, 0) is 22.4 Å². The average molecular weight is 491 g/mol. The number of aromatic nitrogens is 2. The number of alkyl halides is 6. The zero-order valence-corrected chi connectivity index (χ0v) is 17.2. The molecule has 13 heteroatoms. The SMILES string of the molecule is O=S(=O)(Nc1ccc2[nH]nc(-c3cccs3)c2c1)c1cc(C(F)(F)F)cc(C(F)(F)F)c1. The standard InChI is InChI=1S/C19H11F6N3O2S2/c20-18(21,22)10-6-11(19(23,24)25)8-13(7-10)32(29,30)28-12-3-4-15-14(9-12)17(27-26-15)16-2-1-5-31-16/h1-9,28H,(H,26,27). The minimum Gasteiger partial charge on any atom is -0.280 e. The van der Waals surface area contributed by atoms with Crippen LogP contribution in [0.1, 0.15) is 11.1 Å². The van der Waals surface area contributed by atoms with E-state index in [4.69, 9.17) is 0 Å². The maximum absolute atomic E-state index is 13.1. The number of aromatic amines is 1. The van der Waals surface area contributed by atoms with Gasteiger partial charge in [-0.25, -0.2) is 8.42 Å². The van der Waals surface area contributed by atoms with E-state index in [2.05, 4.69) is 10.2 Å². The molecule has 0 radical (unpaired) electrons. The van der Waals surface area contributed by atoms with Gasteiger partial charge < -0.3 is 0 Å². The summed E-state index contributed by atoms with van der Waals surface area (Å²) in [7, 11) is -4.78. The van der Waals surface area contributed by atoms with Gasteiger partial charge in [0.05, 0.1) is 26.4 Å². The number of anilines is 1. The lowest BCUT2D eigenvalue weighted by atomic mass is 10.1. The van der Waals surface area contributed by atoms with Crippen molar-refractivity contribution in [2.75, 3.05) is 4.72 Å². The first kappa shape index (κ1) is 22.1. The van der Waals surface area contributed by atoms with E-state index in [0.29, 0.717) is 16.6 Å². The zero-order valence-electron chi connectivity index (χ0n) is 15.5. The minimum absolute atomic E-state index is 0.0531. The van der Waals surface area contributed by atoms with Gasteiger partial charge in [-0.2, -0.15) is 31.4 Å². The maximum Gasteiger partial charge on any atom is 0.416 e. The molecule has 5 nitrogen and oxygen atoms in total. The molecule has 0 saturated carbocycles. The lowest BCUT2D eigenvalue weighted by Gasteiger charge is -2.15. The number of hydrogen-bond donors (Lipinski definition) is 2. The quantitative estimate of drug-likeness (QED) is 0.337. The monoisotopic (exact) mass is 491 g/mol. The number of benzene rings is 2. The van der Waals surface area contributed by atoms with E-state index in [1.54, 1.807) is 12.1 Å². The average Bonchev–Trinajstić information content (AvgIpc) is 3.35. The fourth-order valence-electron chi connectivity index (χ4n) is 2.97. The molecule has 0 aliphatic rings. The molecule has 0 amide bonds. The van der Waals surface area contributed by atoms with Crippen molar-refractivity contribution in [3.8, 4) is 10.6 Å². The Kier molecular flexibility index (Phi) is 5.20. The molecule has 0 bridgehead atoms. The Hall–Kier alpha value is -3.06. The van der Waals surface area contributed by atoms with Crippen LogP contribution >= 0.6 is 11.3 Å². The molecule has 2 N–H and O–H groups in total. The predicted octanol–water partition coefficient (Wildman–Crippen LogP) is 6.13. The fraction of sp³-hybridized carbons (Fsp3) is 0.105. The van der Waals surface area contributed by atoms with Crippen molar-refractivity contribution in [2.24, 2.45) is 0 Å². The predicted molar refractivity (Wildman–Crippen MR) is 107 cm³/mol. The zero-order chi connectivity index (χ0) is 23.3. The van der Waals surface area contributed by atoms with Gasteiger partial charge in [-0.05, 0) is 47.8 Å². The van der Waals surface area contributed by atoms with E-state index >= 15 is 0 Å². The van der Waals surface area contributed by atoms with Crippen LogP contribution in [0.5, 0.6) is 0 Å². The Labute approximate surface area is 180 Å². The van der Waals surface area contributed by atoms with Crippen LogP contribution in [0.4, 0.5) is 32.0 Å². The Morgan fingerprint density at radius 2 is 1.56 bits per heavy atom. The Bertz CT molecular complexity index is 1360. The van der Waals surface area contributed by atoms with Gasteiger partial charge in [-0.15, -0.1) is 11.3 Å². The van der Waals surface area contributed by atoms with E-state index in [9.17, 15) is 34.8 Å². The molecular weight excluding hydrogens is 480 g/mol. The molecule has 168 valence electrons. The summed E-state index contributed by atoms with van der Waals surface area (Å²) in [4.78, 5) is -0.380. The number of nitrogens with zero attached hydrogens (tertiary/aromatic N) is 1. The minimum atomic E-state index is -5.17. The summed E-state index contributed by atoms with van der Waals surface area (Å²) in [6, 6.07) is 7.96. The molecule has 2 aromatic heterocycles. The molecule has 2 heterocycles. The first-order chi connectivity index (χ1) is 14.8. The lowest BCUT2D eigenvalue weighted by molar-refractivity contribution is -0.143. The molecule has 0 atom stereocenters. The normalized spacial score (nSPS) is 12.9. The largest absolute Gasteiger partial charge is 0.416 e. The Morgan fingerprint density at radius 1 is 0.906 bits per heavy atom. The number of H-pyrrole nitrogens is 1. The molecule has 2 aromatic carbocycles. The van der Waals surface area contributed by atoms with Gasteiger partial charge in [0.2, 0.25) is 0 Å². The van der Waals surface area contributed by atoms with Crippen molar-refractivity contribution in [1.82, 2.24) is 10.2 Å². The highest BCUT2D eigenvalue weighted by Gasteiger charge is 2.38. The highest BCUT2D eigenvalue weighted by atomic mass is 32.2. The van der Waals surface area contributed by atoms with Crippen molar-refractivity contribution >= 4 is 38.0 Å². The summed E-state index contributed by atoms with van der Waals surface area (Å²) in [6.07, 6.45) is -10.3. The molecule has 0 aliphatic heterocycles. The molecule has 0 aliphatic carbocycles. The van der Waals surface area contributed by atoms with Gasteiger partial charge in [-0.3, -0.25) is 9.82 Å². The number of hydrogen-bond acceptors (Lipinski definition) is 4. The highest BCUT2D eigenvalue weighted by molar-refractivity contribution is 7.92. The van der Waals surface area contributed by atoms with Crippen molar-refractivity contribution in [3.63, 3.8) is 0 Å². The van der Waals surface area contributed by atoms with Crippen LogP contribution < -0.4 is 4.72 Å². The van der Waals surface area contributed by atoms with E-state index in [-0.39, 0.29) is 23.9 Å². The van der Waals surface area contributed by atoms with Gasteiger partial charge >= 0.3 is 12.4 Å². The Morgan fingerprint density at radius 3 is 2.12 bits per heavy atom. The van der Waals surface area contributed by atoms with E-state index in [0.717, 1.165) is 4.88 Å². The van der Waals surface area contributed by atoms with E-state index in [1.807, 2.05) is 10.1 Å². The highest BCUT2D eigenvalue weighted by Crippen LogP contribution is 2.38. The van der Waals surface area contributed by atoms with Crippen molar-refractivity contribution in [1.29, 1.82) is 0 Å². The molecule has 4 aromatic rings. The van der Waals surface area contributed by atoms with E-state index < -0.39 is 38.4 Å². The van der Waals surface area contributed by atoms with Crippen LogP contribution in [0.3, 0.4) is 0 Å². The fourth-order valence-corrected chi connectivity index (χ4v) is 4.82.